The van der Waals surface area contributed by atoms with Gasteiger partial charge in [0.1, 0.15) is 23.5 Å². The number of aromatic nitrogens is 5. The van der Waals surface area contributed by atoms with E-state index in [1.165, 1.54) is 6.42 Å². The van der Waals surface area contributed by atoms with Gasteiger partial charge in [-0.1, -0.05) is 19.1 Å². The summed E-state index contributed by atoms with van der Waals surface area (Å²) >= 11 is 0. The number of carbonyl (C=O) groups excluding carboxylic acids is 3. The van der Waals surface area contributed by atoms with Gasteiger partial charge in [-0.15, -0.1) is 5.48 Å². The largest absolute Gasteiger partial charge is 0.427 e. The van der Waals surface area contributed by atoms with Gasteiger partial charge in [-0.3, -0.25) is 24.5 Å². The van der Waals surface area contributed by atoms with E-state index in [0.29, 0.717) is 54.3 Å². The van der Waals surface area contributed by atoms with Crippen molar-refractivity contribution in [2.45, 2.75) is 82.6 Å². The number of fused-ring (bicyclic) bond motifs is 3. The molecular weight excluding hydrogens is 816 g/mol. The highest BCUT2D eigenvalue weighted by atomic mass is 19.1. The second kappa shape index (κ2) is 14.0. The Labute approximate surface area is 368 Å². The van der Waals surface area contributed by atoms with E-state index in [0.717, 1.165) is 70.2 Å². The van der Waals surface area contributed by atoms with Crippen molar-refractivity contribution in [3.63, 3.8) is 0 Å². The number of carbonyl (C=O) groups is 3. The molecule has 2 unspecified atom stereocenters. The van der Waals surface area contributed by atoms with Gasteiger partial charge < -0.3 is 23.9 Å². The zero-order valence-corrected chi connectivity index (χ0v) is 36.2. The second-order valence-corrected chi connectivity index (χ2v) is 18.7. The molecule has 2 N–H and O–H groups in total. The summed E-state index contributed by atoms with van der Waals surface area (Å²) in [6, 6.07) is 17.8. The molecule has 4 aliphatic heterocycles. The van der Waals surface area contributed by atoms with Crippen LogP contribution in [-0.4, -0.2) is 84.9 Å². The topological polar surface area (TPSA) is 144 Å². The molecule has 2 saturated heterocycles. The normalized spacial score (nSPS) is 24.8. The summed E-state index contributed by atoms with van der Waals surface area (Å²) in [5.74, 6) is -0.575. The average Bonchev–Trinajstić information content (AvgIpc) is 3.91. The average molecular weight is 865 g/mol. The van der Waals surface area contributed by atoms with E-state index in [4.69, 9.17) is 14.7 Å². The molecule has 0 radical (unpaired) electrons. The van der Waals surface area contributed by atoms with E-state index in [2.05, 4.69) is 50.5 Å². The van der Waals surface area contributed by atoms with Gasteiger partial charge in [-0.2, -0.15) is 10.2 Å². The summed E-state index contributed by atoms with van der Waals surface area (Å²) in [5.41, 5.74) is 9.50. The molecule has 1 spiro atoms. The highest BCUT2D eigenvalue weighted by molar-refractivity contribution is 6.05. The first-order valence-corrected chi connectivity index (χ1v) is 22.3. The van der Waals surface area contributed by atoms with Gasteiger partial charge in [0.2, 0.25) is 5.91 Å². The molecule has 6 aliphatic rings. The smallest absolute Gasteiger partial charge is 0.371 e. The number of nitrogens with one attached hydrogen (secondary N) is 2. The zero-order chi connectivity index (χ0) is 43.8. The lowest BCUT2D eigenvalue weighted by molar-refractivity contribution is -0.118. The number of aryl methyl sites for hydroxylation is 3. The van der Waals surface area contributed by atoms with Crippen LogP contribution in [0.25, 0.3) is 27.5 Å². The molecule has 4 fully saturated rings. The molecule has 328 valence electrons. The van der Waals surface area contributed by atoms with Gasteiger partial charge in [0.15, 0.2) is 0 Å². The SMILES string of the molecule is Cc1cc(-n2nc3c(c2N2C=CC(c4ccc5c(cnn5C)c4)C2=O)CN(C(=O)c2cc4cc(N5CCOC6(CCC6)C5)ccc4n2[C@@]2(C4NOC(=O)N4)C[C@@H]2C)CC3)cc(C)c1F. The van der Waals surface area contributed by atoms with Crippen molar-refractivity contribution in [3.05, 3.63) is 113 Å². The Bertz CT molecular complexity index is 3000. The molecule has 7 heterocycles. The number of benzene rings is 3. The lowest BCUT2D eigenvalue weighted by Gasteiger charge is -2.49. The minimum absolute atomic E-state index is 0.0845. The Morgan fingerprint density at radius 1 is 0.969 bits per heavy atom. The maximum absolute atomic E-state index is 15.4. The van der Waals surface area contributed by atoms with E-state index in [1.54, 1.807) is 52.6 Å². The van der Waals surface area contributed by atoms with Crippen molar-refractivity contribution in [2.24, 2.45) is 13.0 Å². The van der Waals surface area contributed by atoms with Crippen LogP contribution in [0.5, 0.6) is 0 Å². The molecule has 3 amide bonds. The standard InChI is InChI=1S/C48H49FN10O5/c1-27-18-34(19-28(2)41(27)49)59-42(57-15-10-35(43(57)60)30-6-8-38-32(20-30)24-50-54(38)4)36-25-55(14-11-37(36)52-59)44(61)40-22-31-21-33(56-16-17-63-47(26-56)12-5-13-47)7-9-39(31)58(40)48(23-29(48)3)45-51-46(62)64-53-45/h6-10,15,18-22,24,29,35,45,53H,5,11-14,16-17,23,25-26H2,1-4H3,(H,51,62)/t29-,35?,45?,48-/m0/s1. The zero-order valence-electron chi connectivity index (χ0n) is 36.2. The predicted molar refractivity (Wildman–Crippen MR) is 237 cm³/mol. The van der Waals surface area contributed by atoms with Crippen LogP contribution in [0.2, 0.25) is 0 Å². The van der Waals surface area contributed by atoms with Crippen LogP contribution < -0.4 is 20.6 Å². The van der Waals surface area contributed by atoms with Gasteiger partial charge >= 0.3 is 6.09 Å². The number of rotatable bonds is 7. The maximum atomic E-state index is 15.4. The van der Waals surface area contributed by atoms with Crippen molar-refractivity contribution >= 4 is 51.2 Å². The van der Waals surface area contributed by atoms with Crippen molar-refractivity contribution in [1.82, 2.24) is 39.8 Å². The number of anilines is 2. The first kappa shape index (κ1) is 39.1. The van der Waals surface area contributed by atoms with Crippen molar-refractivity contribution in [3.8, 4) is 5.69 Å². The van der Waals surface area contributed by atoms with Crippen molar-refractivity contribution in [1.29, 1.82) is 0 Å². The Kier molecular flexibility index (Phi) is 8.55. The molecule has 16 heteroatoms. The second-order valence-electron chi connectivity index (χ2n) is 18.7. The molecule has 3 aromatic heterocycles. The third-order valence-corrected chi connectivity index (χ3v) is 14.9. The summed E-state index contributed by atoms with van der Waals surface area (Å²) in [5, 5.41) is 14.3. The van der Waals surface area contributed by atoms with Crippen molar-refractivity contribution in [2.75, 3.05) is 36.0 Å². The van der Waals surface area contributed by atoms with E-state index >= 15 is 9.18 Å². The van der Waals surface area contributed by atoms with E-state index in [1.807, 2.05) is 42.3 Å². The molecule has 15 nitrogen and oxygen atoms in total. The molecule has 4 atom stereocenters. The number of hydroxylamine groups is 1. The number of ether oxygens (including phenoxy) is 1. The van der Waals surface area contributed by atoms with Gasteiger partial charge in [-0.25, -0.2) is 13.9 Å². The summed E-state index contributed by atoms with van der Waals surface area (Å²) in [6.07, 6.45) is 8.81. The lowest BCUT2D eigenvalue weighted by atomic mass is 9.79. The predicted octanol–water partition coefficient (Wildman–Crippen LogP) is 6.38. The number of halogens is 1. The Hall–Kier alpha value is -6.52. The van der Waals surface area contributed by atoms with E-state index in [-0.39, 0.29) is 35.7 Å². The fourth-order valence-electron chi connectivity index (χ4n) is 11.2. The monoisotopic (exact) mass is 864 g/mol. The van der Waals surface area contributed by atoms with E-state index < -0.39 is 23.7 Å². The Morgan fingerprint density at radius 2 is 1.77 bits per heavy atom. The summed E-state index contributed by atoms with van der Waals surface area (Å²) in [6.45, 7) is 8.43. The Balaban J connectivity index is 0.938. The molecular formula is C48H49FN10O5. The molecule has 3 aromatic carbocycles. The van der Waals surface area contributed by atoms with Gasteiger partial charge in [0.25, 0.3) is 5.91 Å². The van der Waals surface area contributed by atoms with Crippen LogP contribution in [0.4, 0.5) is 20.7 Å². The minimum Gasteiger partial charge on any atom is -0.371 e. The molecule has 2 aliphatic carbocycles. The third-order valence-electron chi connectivity index (χ3n) is 14.9. The highest BCUT2D eigenvalue weighted by Crippen LogP contribution is 2.55. The number of amides is 3. The van der Waals surface area contributed by atoms with Crippen LogP contribution in [0.15, 0.2) is 73.1 Å². The third kappa shape index (κ3) is 5.80. The lowest BCUT2D eigenvalue weighted by Crippen LogP contribution is -2.55. The fourth-order valence-corrected chi connectivity index (χ4v) is 11.2. The highest BCUT2D eigenvalue weighted by Gasteiger charge is 2.62. The quantitative estimate of drug-likeness (QED) is 0.187. The number of morpholine rings is 1. The van der Waals surface area contributed by atoms with Crippen LogP contribution in [0, 0.1) is 25.6 Å². The van der Waals surface area contributed by atoms with Crippen molar-refractivity contribution < 1.29 is 28.3 Å². The van der Waals surface area contributed by atoms with Crippen LogP contribution in [-0.2, 0) is 39.9 Å². The van der Waals surface area contributed by atoms with Gasteiger partial charge in [-0.05, 0) is 111 Å². The first-order chi connectivity index (χ1) is 30.9. The summed E-state index contributed by atoms with van der Waals surface area (Å²) in [4.78, 5) is 53.6. The first-order valence-electron chi connectivity index (χ1n) is 22.3. The molecule has 0 bridgehead atoms. The van der Waals surface area contributed by atoms with Crippen LogP contribution in [0.3, 0.4) is 0 Å². The molecule has 2 saturated carbocycles. The van der Waals surface area contributed by atoms with Crippen LogP contribution in [0.1, 0.15) is 77.0 Å². The Morgan fingerprint density at radius 3 is 2.50 bits per heavy atom. The number of hydrogen-bond acceptors (Lipinski definition) is 9. The summed E-state index contributed by atoms with van der Waals surface area (Å²) in [7, 11) is 1.89. The molecule has 12 rings (SSSR count). The fraction of sp³-hybridized carbons (Fsp3) is 0.396. The minimum atomic E-state index is -0.675. The summed E-state index contributed by atoms with van der Waals surface area (Å²) < 4.78 is 27.0. The maximum Gasteiger partial charge on any atom is 0.427 e. The molecule has 6 aromatic rings. The van der Waals surface area contributed by atoms with Crippen LogP contribution >= 0.6 is 0 Å². The van der Waals surface area contributed by atoms with E-state index in [9.17, 15) is 9.59 Å². The van der Waals surface area contributed by atoms with Gasteiger partial charge in [0.05, 0.1) is 53.3 Å². The van der Waals surface area contributed by atoms with Gasteiger partial charge in [0, 0.05) is 66.8 Å². The molecule has 64 heavy (non-hydrogen) atoms. The number of nitrogens with zero attached hydrogens (tertiary/aromatic N) is 8. The number of hydrogen-bond donors (Lipinski definition) is 2.